The Morgan fingerprint density at radius 2 is 2.12 bits per heavy atom. The Bertz CT molecular complexity index is 377. The molecule has 1 fully saturated rings. The van der Waals surface area contributed by atoms with Crippen LogP contribution >= 0.6 is 0 Å². The van der Waals surface area contributed by atoms with Crippen molar-refractivity contribution in [3.8, 4) is 0 Å². The molecule has 0 spiro atoms. The molecule has 2 rings (SSSR count). The number of fused-ring (bicyclic) bond motifs is 2. The molecule has 0 amide bonds. The zero-order valence-electron chi connectivity index (χ0n) is 9.50. The van der Waals surface area contributed by atoms with Crippen molar-refractivity contribution in [2.45, 2.75) is 37.6 Å². The molecule has 0 aromatic carbocycles. The highest BCUT2D eigenvalue weighted by Gasteiger charge is 2.56. The highest BCUT2D eigenvalue weighted by atomic mass is 19.4. The van der Waals surface area contributed by atoms with E-state index in [2.05, 4.69) is 4.74 Å². The number of ether oxygens (including phenoxy) is 2. The van der Waals surface area contributed by atoms with E-state index in [0.717, 1.165) is 0 Å². The number of carbonyl (C=O) groups is 1. The minimum atomic E-state index is -4.49. The molecule has 96 valence electrons. The van der Waals surface area contributed by atoms with Crippen LogP contribution in [0.3, 0.4) is 0 Å². The first-order valence-corrected chi connectivity index (χ1v) is 5.28. The van der Waals surface area contributed by atoms with Crippen LogP contribution in [0.15, 0.2) is 12.2 Å². The number of alkyl halides is 3. The first kappa shape index (κ1) is 12.4. The van der Waals surface area contributed by atoms with Crippen molar-refractivity contribution >= 4 is 5.97 Å². The van der Waals surface area contributed by atoms with Gasteiger partial charge in [0.2, 0.25) is 0 Å². The summed E-state index contributed by atoms with van der Waals surface area (Å²) in [6.07, 6.45) is -0.581. The van der Waals surface area contributed by atoms with E-state index in [4.69, 9.17) is 4.74 Å². The Morgan fingerprint density at radius 1 is 1.47 bits per heavy atom. The summed E-state index contributed by atoms with van der Waals surface area (Å²) in [7, 11) is 0. The second-order valence-corrected chi connectivity index (χ2v) is 4.91. The predicted octanol–water partition coefficient (Wildman–Crippen LogP) is 2.22. The quantitative estimate of drug-likeness (QED) is 0.557. The van der Waals surface area contributed by atoms with E-state index in [-0.39, 0.29) is 0 Å². The van der Waals surface area contributed by atoms with Gasteiger partial charge in [0.25, 0.3) is 0 Å². The molecule has 17 heavy (non-hydrogen) atoms. The first-order valence-electron chi connectivity index (χ1n) is 5.28. The van der Waals surface area contributed by atoms with E-state index in [1.54, 1.807) is 19.9 Å². The van der Waals surface area contributed by atoms with Crippen molar-refractivity contribution in [2.75, 3.05) is 6.61 Å². The van der Waals surface area contributed by atoms with E-state index < -0.39 is 35.9 Å². The van der Waals surface area contributed by atoms with Gasteiger partial charge >= 0.3 is 12.1 Å². The highest BCUT2D eigenvalue weighted by molar-refractivity contribution is 5.75. The predicted molar refractivity (Wildman–Crippen MR) is 52.2 cm³/mol. The van der Waals surface area contributed by atoms with E-state index in [1.165, 1.54) is 0 Å². The van der Waals surface area contributed by atoms with Gasteiger partial charge in [0, 0.05) is 0 Å². The molecule has 2 aliphatic rings. The summed E-state index contributed by atoms with van der Waals surface area (Å²) in [5.41, 5.74) is -1.39. The Hall–Kier alpha value is -1.04. The second kappa shape index (κ2) is 3.48. The summed E-state index contributed by atoms with van der Waals surface area (Å²) in [4.78, 5) is 11.6. The lowest BCUT2D eigenvalue weighted by Gasteiger charge is -2.24. The fraction of sp³-hybridized carbons (Fsp3) is 0.727. The van der Waals surface area contributed by atoms with Crippen molar-refractivity contribution in [2.24, 2.45) is 5.92 Å². The number of halogens is 3. The highest BCUT2D eigenvalue weighted by Crippen LogP contribution is 2.49. The molecule has 2 bridgehead atoms. The van der Waals surface area contributed by atoms with Crippen molar-refractivity contribution in [3.05, 3.63) is 12.2 Å². The lowest BCUT2D eigenvalue weighted by molar-refractivity contribution is -0.191. The van der Waals surface area contributed by atoms with Crippen LogP contribution in [-0.4, -0.2) is 30.0 Å². The summed E-state index contributed by atoms with van der Waals surface area (Å²) >= 11 is 0. The maximum absolute atomic E-state index is 11.9. The zero-order chi connectivity index (χ0) is 12.9. The number of hydrogen-bond donors (Lipinski definition) is 0. The summed E-state index contributed by atoms with van der Waals surface area (Å²) < 4.78 is 45.7. The molecular formula is C11H13F3O3. The van der Waals surface area contributed by atoms with Crippen LogP contribution in [0.5, 0.6) is 0 Å². The van der Waals surface area contributed by atoms with E-state index in [9.17, 15) is 18.0 Å². The number of rotatable bonds is 2. The SMILES string of the molecule is C[C@@]12C=C[C@@](C)(O1)[C@H](C(=O)OCC(F)(F)F)C2. The minimum Gasteiger partial charge on any atom is -0.456 e. The monoisotopic (exact) mass is 250 g/mol. The Morgan fingerprint density at radius 3 is 2.53 bits per heavy atom. The van der Waals surface area contributed by atoms with Gasteiger partial charge in [-0.25, -0.2) is 0 Å². The van der Waals surface area contributed by atoms with E-state index in [0.29, 0.717) is 6.42 Å². The van der Waals surface area contributed by atoms with Crippen molar-refractivity contribution < 1.29 is 27.4 Å². The van der Waals surface area contributed by atoms with Gasteiger partial charge in [-0.05, 0) is 20.3 Å². The molecule has 0 aliphatic carbocycles. The Labute approximate surface area is 96.6 Å². The normalized spacial score (nSPS) is 39.7. The van der Waals surface area contributed by atoms with Crippen LogP contribution < -0.4 is 0 Å². The number of carbonyl (C=O) groups excluding carboxylic acids is 1. The fourth-order valence-corrected chi connectivity index (χ4v) is 2.39. The average molecular weight is 250 g/mol. The van der Waals surface area contributed by atoms with Gasteiger partial charge in [0.15, 0.2) is 6.61 Å². The lowest BCUT2D eigenvalue weighted by atomic mass is 9.80. The minimum absolute atomic E-state index is 0.358. The molecule has 3 atom stereocenters. The molecule has 2 aliphatic heterocycles. The van der Waals surface area contributed by atoms with Crippen LogP contribution in [0, 0.1) is 5.92 Å². The van der Waals surface area contributed by atoms with Gasteiger partial charge in [-0.1, -0.05) is 12.2 Å². The maximum Gasteiger partial charge on any atom is 0.422 e. The molecule has 1 saturated heterocycles. The fourth-order valence-electron chi connectivity index (χ4n) is 2.39. The third kappa shape index (κ3) is 2.31. The Kier molecular flexibility index (Phi) is 2.54. The summed E-state index contributed by atoms with van der Waals surface area (Å²) in [6, 6.07) is 0. The van der Waals surface area contributed by atoms with Crippen molar-refractivity contribution in [1.29, 1.82) is 0 Å². The number of esters is 1. The van der Waals surface area contributed by atoms with Crippen LogP contribution in [0.25, 0.3) is 0 Å². The standard InChI is InChI=1S/C11H13F3O3/c1-9-3-4-10(2,17-9)7(5-9)8(15)16-6-11(12,13)14/h3-4,7H,5-6H2,1-2H3/t7-,9-,10+/m0/s1. The first-order chi connectivity index (χ1) is 7.64. The topological polar surface area (TPSA) is 35.5 Å². The summed E-state index contributed by atoms with van der Waals surface area (Å²) in [6.45, 7) is 1.94. The van der Waals surface area contributed by atoms with Gasteiger partial charge in [0.1, 0.15) is 0 Å². The molecule has 0 radical (unpaired) electrons. The van der Waals surface area contributed by atoms with Gasteiger partial charge in [0.05, 0.1) is 17.1 Å². The number of hydrogen-bond acceptors (Lipinski definition) is 3. The molecule has 3 nitrogen and oxygen atoms in total. The molecule has 2 heterocycles. The summed E-state index contributed by atoms with van der Waals surface area (Å²) in [5, 5.41) is 0. The van der Waals surface area contributed by atoms with Crippen molar-refractivity contribution in [1.82, 2.24) is 0 Å². The van der Waals surface area contributed by atoms with Crippen LogP contribution in [-0.2, 0) is 14.3 Å². The van der Waals surface area contributed by atoms with Gasteiger partial charge in [-0.3, -0.25) is 4.79 Å². The maximum atomic E-state index is 11.9. The molecule has 6 heteroatoms. The van der Waals surface area contributed by atoms with Crippen LogP contribution in [0.1, 0.15) is 20.3 Å². The summed E-state index contributed by atoms with van der Waals surface area (Å²) in [5.74, 6) is -1.52. The molecular weight excluding hydrogens is 237 g/mol. The van der Waals surface area contributed by atoms with Crippen LogP contribution in [0.2, 0.25) is 0 Å². The van der Waals surface area contributed by atoms with Gasteiger partial charge < -0.3 is 9.47 Å². The molecule has 0 aromatic rings. The molecule has 0 aromatic heterocycles. The van der Waals surface area contributed by atoms with Crippen LogP contribution in [0.4, 0.5) is 13.2 Å². The van der Waals surface area contributed by atoms with E-state index in [1.807, 2.05) is 6.08 Å². The largest absolute Gasteiger partial charge is 0.456 e. The second-order valence-electron chi connectivity index (χ2n) is 4.91. The molecule has 0 N–H and O–H groups in total. The lowest BCUT2D eigenvalue weighted by Crippen LogP contribution is -2.36. The molecule has 0 saturated carbocycles. The van der Waals surface area contributed by atoms with Crippen molar-refractivity contribution in [3.63, 3.8) is 0 Å². The van der Waals surface area contributed by atoms with E-state index >= 15 is 0 Å². The van der Waals surface area contributed by atoms with Gasteiger partial charge in [-0.2, -0.15) is 13.2 Å². The zero-order valence-corrected chi connectivity index (χ0v) is 9.50. The third-order valence-electron chi connectivity index (χ3n) is 3.18. The Balaban J connectivity index is 2.01. The third-order valence-corrected chi connectivity index (χ3v) is 3.18. The van der Waals surface area contributed by atoms with Gasteiger partial charge in [-0.15, -0.1) is 0 Å². The average Bonchev–Trinajstić information content (AvgIpc) is 2.61. The molecule has 0 unspecified atom stereocenters. The smallest absolute Gasteiger partial charge is 0.422 e.